The van der Waals surface area contributed by atoms with Crippen LogP contribution < -0.4 is 10.9 Å². The van der Waals surface area contributed by atoms with Crippen molar-refractivity contribution in [2.45, 2.75) is 63.5 Å². The Morgan fingerprint density at radius 3 is 2.35 bits per heavy atom. The number of nitrogens with zero attached hydrogens (tertiary/aromatic N) is 1. The molecule has 1 heterocycles. The first-order valence-electron chi connectivity index (χ1n) is 9.12. The number of aromatic amines is 1. The minimum Gasteiger partial charge on any atom is -0.481 e. The Morgan fingerprint density at radius 2 is 1.73 bits per heavy atom. The van der Waals surface area contributed by atoms with Gasteiger partial charge < -0.3 is 15.4 Å². The van der Waals surface area contributed by atoms with Crippen LogP contribution in [0, 0.1) is 0 Å². The summed E-state index contributed by atoms with van der Waals surface area (Å²) in [6.45, 7) is 0.573. The standard InChI is InChI=1S/C18H29N3O4S/c1-26-13-15-20-14(12-16(22)21-15)18(25)19-11-9-7-5-3-2-4-6-8-10-17(23)24/h12H,2-11,13H2,1H3,(H,19,25)(H,23,24)(H,20,21,22). The smallest absolute Gasteiger partial charge is 0.303 e. The summed E-state index contributed by atoms with van der Waals surface area (Å²) < 4.78 is 0. The summed E-state index contributed by atoms with van der Waals surface area (Å²) in [5.74, 6) is 0.0466. The van der Waals surface area contributed by atoms with E-state index in [-0.39, 0.29) is 23.6 Å². The quantitative estimate of drug-likeness (QED) is 0.426. The molecule has 0 spiro atoms. The van der Waals surface area contributed by atoms with Crippen molar-refractivity contribution in [1.29, 1.82) is 0 Å². The number of carboxylic acid groups (broad SMARTS) is 1. The zero-order chi connectivity index (χ0) is 19.2. The lowest BCUT2D eigenvalue weighted by Gasteiger charge is -2.06. The van der Waals surface area contributed by atoms with E-state index in [0.717, 1.165) is 51.4 Å². The van der Waals surface area contributed by atoms with Gasteiger partial charge in [-0.3, -0.25) is 14.4 Å². The predicted molar refractivity (Wildman–Crippen MR) is 104 cm³/mol. The number of amides is 1. The molecule has 0 aromatic carbocycles. The fraction of sp³-hybridized carbons (Fsp3) is 0.667. The number of carboxylic acids is 1. The molecule has 0 unspecified atom stereocenters. The third-order valence-electron chi connectivity index (χ3n) is 3.91. The number of H-pyrrole nitrogens is 1. The summed E-state index contributed by atoms with van der Waals surface area (Å²) >= 11 is 1.53. The van der Waals surface area contributed by atoms with Gasteiger partial charge in [0.15, 0.2) is 0 Å². The van der Waals surface area contributed by atoms with E-state index in [4.69, 9.17) is 5.11 Å². The lowest BCUT2D eigenvalue weighted by Crippen LogP contribution is -2.27. The first-order valence-corrected chi connectivity index (χ1v) is 10.5. The molecule has 0 saturated carbocycles. The molecule has 1 aromatic rings. The maximum absolute atomic E-state index is 12.1. The number of rotatable bonds is 14. The highest BCUT2D eigenvalue weighted by molar-refractivity contribution is 7.97. The minimum absolute atomic E-state index is 0.166. The predicted octanol–water partition coefficient (Wildman–Crippen LogP) is 2.96. The van der Waals surface area contributed by atoms with Gasteiger partial charge in [0.25, 0.3) is 11.5 Å². The Bertz CT molecular complexity index is 619. The monoisotopic (exact) mass is 383 g/mol. The summed E-state index contributed by atoms with van der Waals surface area (Å²) in [6, 6.07) is 1.23. The molecule has 1 aromatic heterocycles. The molecule has 0 atom stereocenters. The lowest BCUT2D eigenvalue weighted by atomic mass is 10.1. The van der Waals surface area contributed by atoms with Crippen molar-refractivity contribution in [3.05, 3.63) is 27.9 Å². The Hall–Kier alpha value is -1.83. The molecule has 7 nitrogen and oxygen atoms in total. The highest BCUT2D eigenvalue weighted by Gasteiger charge is 2.09. The number of carbonyl (C=O) groups is 2. The molecular formula is C18H29N3O4S. The van der Waals surface area contributed by atoms with Crippen molar-refractivity contribution in [1.82, 2.24) is 15.3 Å². The zero-order valence-electron chi connectivity index (χ0n) is 15.4. The second-order valence-corrected chi connectivity index (χ2v) is 7.10. The van der Waals surface area contributed by atoms with E-state index in [1.807, 2.05) is 6.26 Å². The Balaban J connectivity index is 2.10. The van der Waals surface area contributed by atoms with Gasteiger partial charge in [0.2, 0.25) is 0 Å². The van der Waals surface area contributed by atoms with E-state index in [9.17, 15) is 14.4 Å². The molecule has 0 fully saturated rings. The van der Waals surface area contributed by atoms with E-state index in [1.165, 1.54) is 17.8 Å². The molecule has 0 radical (unpaired) electrons. The van der Waals surface area contributed by atoms with Crippen LogP contribution >= 0.6 is 11.8 Å². The fourth-order valence-corrected chi connectivity index (χ4v) is 2.99. The minimum atomic E-state index is -0.720. The molecule has 0 saturated heterocycles. The average molecular weight is 384 g/mol. The molecule has 0 aliphatic carbocycles. The number of hydrogen-bond acceptors (Lipinski definition) is 5. The van der Waals surface area contributed by atoms with Gasteiger partial charge in [-0.1, -0.05) is 38.5 Å². The van der Waals surface area contributed by atoms with Gasteiger partial charge in [0.05, 0.1) is 5.75 Å². The number of nitrogens with one attached hydrogen (secondary N) is 2. The van der Waals surface area contributed by atoms with Gasteiger partial charge in [0.1, 0.15) is 11.5 Å². The van der Waals surface area contributed by atoms with Gasteiger partial charge >= 0.3 is 5.97 Å². The fourth-order valence-electron chi connectivity index (χ4n) is 2.58. The second kappa shape index (κ2) is 13.4. The largest absolute Gasteiger partial charge is 0.481 e. The maximum atomic E-state index is 12.1. The molecule has 0 bridgehead atoms. The van der Waals surface area contributed by atoms with Crippen LogP contribution in [0.5, 0.6) is 0 Å². The summed E-state index contributed by atoms with van der Waals surface area (Å²) in [4.78, 5) is 40.8. The highest BCUT2D eigenvalue weighted by Crippen LogP contribution is 2.09. The third-order valence-corrected chi connectivity index (χ3v) is 4.47. The van der Waals surface area contributed by atoms with E-state index < -0.39 is 5.97 Å². The first-order chi connectivity index (χ1) is 12.5. The van der Waals surface area contributed by atoms with Crippen molar-refractivity contribution in [2.75, 3.05) is 12.8 Å². The number of thioether (sulfide) groups is 1. The Morgan fingerprint density at radius 1 is 1.12 bits per heavy atom. The van der Waals surface area contributed by atoms with Crippen LogP contribution in [0.4, 0.5) is 0 Å². The van der Waals surface area contributed by atoms with Gasteiger partial charge in [-0.2, -0.15) is 11.8 Å². The van der Waals surface area contributed by atoms with Crippen molar-refractivity contribution in [2.24, 2.45) is 0 Å². The first kappa shape index (κ1) is 22.2. The van der Waals surface area contributed by atoms with Gasteiger partial charge in [-0.15, -0.1) is 0 Å². The zero-order valence-corrected chi connectivity index (χ0v) is 16.2. The van der Waals surface area contributed by atoms with Gasteiger partial charge in [-0.25, -0.2) is 4.98 Å². The summed E-state index contributed by atoms with van der Waals surface area (Å²) in [7, 11) is 0. The number of aliphatic carboxylic acids is 1. The van der Waals surface area contributed by atoms with Crippen LogP contribution in [-0.4, -0.2) is 39.8 Å². The molecule has 0 aliphatic rings. The molecular weight excluding hydrogens is 354 g/mol. The lowest BCUT2D eigenvalue weighted by molar-refractivity contribution is -0.137. The number of carbonyl (C=O) groups excluding carboxylic acids is 1. The molecule has 146 valence electrons. The molecule has 1 rings (SSSR count). The van der Waals surface area contributed by atoms with Crippen LogP contribution in [0.25, 0.3) is 0 Å². The topological polar surface area (TPSA) is 112 Å². The summed E-state index contributed by atoms with van der Waals surface area (Å²) in [6.07, 6.45) is 10.3. The van der Waals surface area contributed by atoms with Gasteiger partial charge in [0, 0.05) is 19.0 Å². The summed E-state index contributed by atoms with van der Waals surface area (Å²) in [5.41, 5.74) is -0.142. The van der Waals surface area contributed by atoms with E-state index in [2.05, 4.69) is 15.3 Å². The van der Waals surface area contributed by atoms with E-state index in [1.54, 1.807) is 0 Å². The second-order valence-electron chi connectivity index (χ2n) is 6.24. The van der Waals surface area contributed by atoms with E-state index in [0.29, 0.717) is 18.1 Å². The van der Waals surface area contributed by atoms with Crippen molar-refractivity contribution < 1.29 is 14.7 Å². The average Bonchev–Trinajstić information content (AvgIpc) is 2.59. The van der Waals surface area contributed by atoms with Crippen LogP contribution in [0.15, 0.2) is 10.9 Å². The van der Waals surface area contributed by atoms with Crippen molar-refractivity contribution in [3.63, 3.8) is 0 Å². The summed E-state index contributed by atoms with van der Waals surface area (Å²) in [5, 5.41) is 11.4. The highest BCUT2D eigenvalue weighted by atomic mass is 32.2. The molecule has 1 amide bonds. The molecule has 8 heteroatoms. The molecule has 26 heavy (non-hydrogen) atoms. The number of aromatic nitrogens is 2. The third kappa shape index (κ3) is 10.2. The van der Waals surface area contributed by atoms with Crippen LogP contribution in [0.3, 0.4) is 0 Å². The van der Waals surface area contributed by atoms with E-state index >= 15 is 0 Å². The van der Waals surface area contributed by atoms with Crippen LogP contribution in [0.2, 0.25) is 0 Å². The van der Waals surface area contributed by atoms with Crippen LogP contribution in [0.1, 0.15) is 74.1 Å². The molecule has 0 aliphatic heterocycles. The molecule has 3 N–H and O–H groups in total. The van der Waals surface area contributed by atoms with Crippen molar-refractivity contribution in [3.8, 4) is 0 Å². The number of unbranched alkanes of at least 4 members (excludes halogenated alkanes) is 7. The Labute approximate surface area is 158 Å². The Kier molecular flexibility index (Phi) is 11.4. The number of hydrogen-bond donors (Lipinski definition) is 3. The normalized spacial score (nSPS) is 10.7. The van der Waals surface area contributed by atoms with Crippen molar-refractivity contribution >= 4 is 23.6 Å². The van der Waals surface area contributed by atoms with Gasteiger partial charge in [-0.05, 0) is 19.1 Å². The SMILES string of the molecule is CSCc1nc(C(=O)NCCCCCCCCCCC(=O)O)cc(=O)[nH]1. The van der Waals surface area contributed by atoms with Crippen LogP contribution in [-0.2, 0) is 10.5 Å². The maximum Gasteiger partial charge on any atom is 0.303 e.